The van der Waals surface area contributed by atoms with Crippen LogP contribution in [0.5, 0.6) is 0 Å². The molecule has 0 bridgehead atoms. The minimum Gasteiger partial charge on any atom is -0.299 e. The summed E-state index contributed by atoms with van der Waals surface area (Å²) in [5, 5.41) is 0. The fourth-order valence-corrected chi connectivity index (χ4v) is 3.50. The van der Waals surface area contributed by atoms with Gasteiger partial charge in [-0.2, -0.15) is 123 Å². The second-order valence-corrected chi connectivity index (χ2v) is 19.7. The summed E-state index contributed by atoms with van der Waals surface area (Å²) in [5.41, 5.74) is -5.23. The fourth-order valence-electron chi connectivity index (χ4n) is 3.50. The van der Waals surface area contributed by atoms with Crippen LogP contribution in [0.1, 0.15) is 109 Å². The van der Waals surface area contributed by atoms with Gasteiger partial charge in [0.25, 0.3) is 0 Å². The maximum absolute atomic E-state index is 12.9. The molecule has 0 aromatic carbocycles. The predicted octanol–water partition coefficient (Wildman–Crippen LogP) is 13.6. The van der Waals surface area contributed by atoms with E-state index >= 15 is 0 Å². The molecule has 0 rings (SSSR count). The first-order chi connectivity index (χ1) is 32.2. The molecule has 77 heavy (non-hydrogen) atoms. The second-order valence-electron chi connectivity index (χ2n) is 19.7. The summed E-state index contributed by atoms with van der Waals surface area (Å²) in [5.74, 6) is -65.6. The number of Topliss-reactive ketones (excluding diaryl/α,β-unsaturated/α-hetero) is 8. The van der Waals surface area contributed by atoms with Gasteiger partial charge in [0.15, 0.2) is 0 Å². The van der Waals surface area contributed by atoms with E-state index in [0.29, 0.717) is 0 Å². The number of hydrogen-bond acceptors (Lipinski definition) is 8. The van der Waals surface area contributed by atoms with E-state index in [-0.39, 0.29) is 41.7 Å². The summed E-state index contributed by atoms with van der Waals surface area (Å²) in [7, 11) is 0. The zero-order valence-electron chi connectivity index (χ0n) is 41.2. The molecule has 0 saturated heterocycles. The van der Waals surface area contributed by atoms with E-state index in [9.17, 15) is 161 Å². The van der Waals surface area contributed by atoms with Crippen LogP contribution in [0.15, 0.2) is 0 Å². The van der Waals surface area contributed by atoms with E-state index in [2.05, 4.69) is 0 Å². The van der Waals surface area contributed by atoms with Crippen molar-refractivity contribution in [3.8, 4) is 0 Å². The van der Waals surface area contributed by atoms with E-state index < -0.39 is 166 Å². The molecule has 0 fully saturated rings. The third-order valence-electron chi connectivity index (χ3n) is 9.03. The Morgan fingerprint density at radius 1 is 0.208 bits per heavy atom. The molecule has 0 amide bonds. The van der Waals surface area contributed by atoms with Gasteiger partial charge in [-0.3, -0.25) is 38.4 Å². The Labute approximate surface area is 450 Å². The molecule has 0 aromatic rings. The SMILES string of the molecule is CC(C)(C)C(=O)CC(=O)C(F)(F)C(F)(F)C(F)(F)F.CC(C)(C)C(=O)CC(=O)C(F)(F)C(F)(F)C(F)(F)F.CC(C)(C)C(=O)CC(=O)C(F)(F)C(F)(F)C(F)(F)F.CC(C)(C)C(=O)CC(=O)C(F)(F)C(F)(F)C(F)(F)F.[Ce+4]. The van der Waals surface area contributed by atoms with E-state index in [1.165, 1.54) is 83.1 Å². The summed E-state index contributed by atoms with van der Waals surface area (Å²) in [6, 6.07) is 0. The van der Waals surface area contributed by atoms with Crippen molar-refractivity contribution in [2.45, 2.75) is 181 Å². The molecule has 0 aliphatic heterocycles. The first-order valence-electron chi connectivity index (χ1n) is 19.8. The zero-order chi connectivity index (χ0) is 63.4. The number of carbonyl (C=O) groups is 8. The molecule has 0 aliphatic rings. The minimum atomic E-state index is -6.59. The Morgan fingerprint density at radius 3 is 0.364 bits per heavy atom. The molecule has 37 heteroatoms. The van der Waals surface area contributed by atoms with Crippen LogP contribution in [-0.4, -0.2) is 118 Å². The van der Waals surface area contributed by atoms with Gasteiger partial charge in [-0.05, 0) is 0 Å². The predicted molar refractivity (Wildman–Crippen MR) is 200 cm³/mol. The fraction of sp³-hybridized carbons (Fsp3) is 0.800. The van der Waals surface area contributed by atoms with Crippen molar-refractivity contribution < 1.29 is 203 Å². The van der Waals surface area contributed by atoms with Gasteiger partial charge in [0.05, 0.1) is 25.7 Å². The van der Waals surface area contributed by atoms with Crippen molar-refractivity contribution in [1.29, 1.82) is 0 Å². The van der Waals surface area contributed by atoms with Gasteiger partial charge in [0, 0.05) is 21.7 Å². The molecule has 0 atom stereocenters. The van der Waals surface area contributed by atoms with Crippen LogP contribution < -0.4 is 0 Å². The summed E-state index contributed by atoms with van der Waals surface area (Å²) in [4.78, 5) is 88.3. The number of carbonyl (C=O) groups excluding carboxylic acids is 8. The van der Waals surface area contributed by atoms with E-state index in [0.717, 1.165) is 0 Å². The second kappa shape index (κ2) is 25.7. The largest absolute Gasteiger partial charge is 4.00 e. The van der Waals surface area contributed by atoms with Crippen LogP contribution >= 0.6 is 0 Å². The van der Waals surface area contributed by atoms with Crippen molar-refractivity contribution in [3.05, 3.63) is 0 Å². The van der Waals surface area contributed by atoms with Crippen LogP contribution in [0.4, 0.5) is 123 Å². The first-order valence-corrected chi connectivity index (χ1v) is 19.8. The standard InChI is InChI=1S/4C10H11F7O2.Ce/c4*1-7(2,3)5(18)4-6(19)8(11,12)9(13,14)10(15,16)17;/h4*4H2,1-3H3;/q;;;;+4. The molecule has 0 spiro atoms. The maximum Gasteiger partial charge on any atom is 4.00 e. The average molecular weight is 1320 g/mol. The van der Waals surface area contributed by atoms with Crippen molar-refractivity contribution in [2.24, 2.45) is 21.7 Å². The van der Waals surface area contributed by atoms with Gasteiger partial charge in [-0.25, -0.2) is 0 Å². The van der Waals surface area contributed by atoms with Crippen molar-refractivity contribution in [2.75, 3.05) is 0 Å². The van der Waals surface area contributed by atoms with Crippen molar-refractivity contribution >= 4 is 46.3 Å². The van der Waals surface area contributed by atoms with Crippen LogP contribution in [0.2, 0.25) is 0 Å². The third kappa shape index (κ3) is 20.7. The number of hydrogen-bond donors (Lipinski definition) is 0. The number of halogens is 28. The van der Waals surface area contributed by atoms with E-state index in [1.54, 1.807) is 0 Å². The maximum atomic E-state index is 12.9. The Kier molecular flexibility index (Phi) is 27.6. The summed E-state index contributed by atoms with van der Waals surface area (Å²) in [6.45, 7) is 14.5. The molecule has 0 radical (unpaired) electrons. The number of ketones is 8. The smallest absolute Gasteiger partial charge is 0.299 e. The summed E-state index contributed by atoms with van der Waals surface area (Å²) in [6.07, 6.45) is -33.1. The van der Waals surface area contributed by atoms with Crippen LogP contribution in [0.3, 0.4) is 0 Å². The van der Waals surface area contributed by atoms with Gasteiger partial charge in [0.2, 0.25) is 23.1 Å². The van der Waals surface area contributed by atoms with Crippen LogP contribution in [0, 0.1) is 63.4 Å². The normalized spacial score (nSPS) is 14.2. The molecule has 448 valence electrons. The molecule has 0 aromatic heterocycles. The molecule has 0 heterocycles. The Balaban J connectivity index is -0.000000298. The first kappa shape index (κ1) is 82.6. The molecule has 0 aliphatic carbocycles. The third-order valence-corrected chi connectivity index (χ3v) is 9.03. The summed E-state index contributed by atoms with van der Waals surface area (Å²) < 4.78 is 344. The van der Waals surface area contributed by atoms with Gasteiger partial charge < -0.3 is 0 Å². The van der Waals surface area contributed by atoms with Crippen molar-refractivity contribution in [1.82, 2.24) is 0 Å². The Hall–Kier alpha value is -3.22. The topological polar surface area (TPSA) is 137 Å². The van der Waals surface area contributed by atoms with Crippen molar-refractivity contribution in [3.63, 3.8) is 0 Å². The monoisotopic (exact) mass is 1320 g/mol. The molecule has 0 N–H and O–H groups in total. The molecule has 0 saturated carbocycles. The van der Waals surface area contributed by atoms with Crippen LogP contribution in [0.25, 0.3) is 0 Å². The van der Waals surface area contributed by atoms with Gasteiger partial charge in [0.1, 0.15) is 23.1 Å². The molecule has 8 nitrogen and oxygen atoms in total. The molecular formula is C40H44CeF28O8+4. The molecular weight excluding hydrogens is 1280 g/mol. The Morgan fingerprint density at radius 2 is 0.299 bits per heavy atom. The Bertz CT molecular complexity index is 1810. The van der Waals surface area contributed by atoms with E-state index in [1.807, 2.05) is 0 Å². The number of rotatable bonds is 16. The quantitative estimate of drug-likeness (QED) is 0.110. The number of alkyl halides is 28. The van der Waals surface area contributed by atoms with Gasteiger partial charge >= 0.3 is 114 Å². The van der Waals surface area contributed by atoms with E-state index in [4.69, 9.17) is 0 Å². The average Bonchev–Trinajstić information content (AvgIpc) is 3.14. The van der Waals surface area contributed by atoms with Gasteiger partial charge in [-0.1, -0.05) is 83.1 Å². The van der Waals surface area contributed by atoms with Gasteiger partial charge in [-0.15, -0.1) is 0 Å². The summed E-state index contributed by atoms with van der Waals surface area (Å²) >= 11 is 0. The van der Waals surface area contributed by atoms with Crippen LogP contribution in [-0.2, 0) is 38.4 Å². The zero-order valence-corrected chi connectivity index (χ0v) is 44.3. The molecule has 0 unspecified atom stereocenters. The minimum absolute atomic E-state index is 0.